The summed E-state index contributed by atoms with van der Waals surface area (Å²) in [4.78, 5) is 61.0. The standard InChI is InChI=1S/C22H41N5O6/c1-7-12(5)17(24)20(30)25-14(9-11(3)4)19(29)27-18(13(6)8-2)21(31)26-15(22(32)33)10-16(23)28/h11-15,17-18H,7-10,24H2,1-6H3,(H2,23,28)(H,25,30)(H,26,31)(H,27,29)(H,32,33). The Morgan fingerprint density at radius 3 is 1.73 bits per heavy atom. The second kappa shape index (κ2) is 14.5. The van der Waals surface area contributed by atoms with Gasteiger partial charge in [0.15, 0.2) is 0 Å². The number of nitrogens with one attached hydrogen (secondary N) is 3. The first kappa shape index (κ1) is 30.3. The summed E-state index contributed by atoms with van der Waals surface area (Å²) in [5, 5.41) is 16.9. The fraction of sp³-hybridized carbons (Fsp3) is 0.773. The maximum Gasteiger partial charge on any atom is 0.326 e. The average molecular weight is 472 g/mol. The molecule has 0 aromatic rings. The van der Waals surface area contributed by atoms with Gasteiger partial charge in [0.05, 0.1) is 12.5 Å². The van der Waals surface area contributed by atoms with Crippen molar-refractivity contribution in [3.05, 3.63) is 0 Å². The Balaban J connectivity index is 5.61. The van der Waals surface area contributed by atoms with Gasteiger partial charge in [0.1, 0.15) is 18.1 Å². The molecule has 0 bridgehead atoms. The van der Waals surface area contributed by atoms with Crippen molar-refractivity contribution in [1.82, 2.24) is 16.0 Å². The molecule has 8 N–H and O–H groups in total. The Morgan fingerprint density at radius 1 is 0.788 bits per heavy atom. The van der Waals surface area contributed by atoms with Gasteiger partial charge < -0.3 is 32.5 Å². The number of carboxylic acids is 1. The lowest BCUT2D eigenvalue weighted by molar-refractivity contribution is -0.144. The van der Waals surface area contributed by atoms with Gasteiger partial charge >= 0.3 is 5.97 Å². The number of hydrogen-bond acceptors (Lipinski definition) is 6. The lowest BCUT2D eigenvalue weighted by Crippen LogP contribution is -2.59. The minimum absolute atomic E-state index is 0.0590. The van der Waals surface area contributed by atoms with Crippen LogP contribution in [-0.2, 0) is 24.0 Å². The van der Waals surface area contributed by atoms with Gasteiger partial charge in [0.2, 0.25) is 23.6 Å². The monoisotopic (exact) mass is 471 g/mol. The van der Waals surface area contributed by atoms with Gasteiger partial charge in [0.25, 0.3) is 0 Å². The fourth-order valence-corrected chi connectivity index (χ4v) is 3.10. The van der Waals surface area contributed by atoms with E-state index in [0.717, 1.165) is 0 Å². The lowest BCUT2D eigenvalue weighted by atomic mass is 9.95. The molecule has 0 spiro atoms. The van der Waals surface area contributed by atoms with E-state index in [0.29, 0.717) is 19.3 Å². The van der Waals surface area contributed by atoms with Crippen molar-refractivity contribution in [3.63, 3.8) is 0 Å². The first-order valence-electron chi connectivity index (χ1n) is 11.4. The van der Waals surface area contributed by atoms with E-state index < -0.39 is 60.2 Å². The molecule has 190 valence electrons. The van der Waals surface area contributed by atoms with Crippen LogP contribution in [0.4, 0.5) is 0 Å². The van der Waals surface area contributed by atoms with E-state index in [1.165, 1.54) is 0 Å². The molecule has 0 rings (SSSR count). The average Bonchev–Trinajstić information content (AvgIpc) is 2.73. The van der Waals surface area contributed by atoms with Crippen LogP contribution in [0.25, 0.3) is 0 Å². The quantitative estimate of drug-likeness (QED) is 0.191. The molecule has 0 aliphatic rings. The molecule has 0 radical (unpaired) electrons. The topological polar surface area (TPSA) is 194 Å². The summed E-state index contributed by atoms with van der Waals surface area (Å²) in [6.45, 7) is 11.1. The molecule has 0 fully saturated rings. The van der Waals surface area contributed by atoms with E-state index in [9.17, 15) is 29.1 Å². The summed E-state index contributed by atoms with van der Waals surface area (Å²) < 4.78 is 0. The predicted molar refractivity (Wildman–Crippen MR) is 124 cm³/mol. The normalized spacial score (nSPS) is 16.6. The van der Waals surface area contributed by atoms with Crippen LogP contribution in [0.5, 0.6) is 0 Å². The van der Waals surface area contributed by atoms with Crippen molar-refractivity contribution in [2.45, 2.75) is 91.4 Å². The number of carboxylic acid groups (broad SMARTS) is 1. The zero-order valence-corrected chi connectivity index (χ0v) is 20.5. The van der Waals surface area contributed by atoms with Crippen molar-refractivity contribution in [2.75, 3.05) is 0 Å². The highest BCUT2D eigenvalue weighted by Gasteiger charge is 2.33. The molecule has 11 heteroatoms. The van der Waals surface area contributed by atoms with E-state index >= 15 is 0 Å². The predicted octanol–water partition coefficient (Wildman–Crippen LogP) is -0.134. The number of aliphatic carboxylic acids is 1. The van der Waals surface area contributed by atoms with Crippen LogP contribution in [0, 0.1) is 17.8 Å². The molecular formula is C22H41N5O6. The largest absolute Gasteiger partial charge is 0.480 e. The third kappa shape index (κ3) is 10.6. The van der Waals surface area contributed by atoms with Crippen LogP contribution >= 0.6 is 0 Å². The van der Waals surface area contributed by atoms with E-state index in [-0.39, 0.29) is 17.8 Å². The smallest absolute Gasteiger partial charge is 0.326 e. The minimum atomic E-state index is -1.52. The third-order valence-corrected chi connectivity index (χ3v) is 5.71. The number of primary amides is 1. The van der Waals surface area contributed by atoms with Crippen LogP contribution in [0.1, 0.15) is 67.2 Å². The summed E-state index contributed by atoms with van der Waals surface area (Å²) in [6, 6.07) is -4.30. The van der Waals surface area contributed by atoms with Crippen molar-refractivity contribution < 1.29 is 29.1 Å². The van der Waals surface area contributed by atoms with Crippen molar-refractivity contribution >= 4 is 29.6 Å². The van der Waals surface area contributed by atoms with Crippen molar-refractivity contribution in [1.29, 1.82) is 0 Å². The van der Waals surface area contributed by atoms with Gasteiger partial charge in [-0.05, 0) is 24.2 Å². The summed E-state index contributed by atoms with van der Waals surface area (Å²) in [5.41, 5.74) is 11.1. The lowest BCUT2D eigenvalue weighted by Gasteiger charge is -2.29. The van der Waals surface area contributed by atoms with Crippen LogP contribution in [0.15, 0.2) is 0 Å². The second-order valence-corrected chi connectivity index (χ2v) is 9.04. The molecule has 11 nitrogen and oxygen atoms in total. The van der Waals surface area contributed by atoms with Crippen molar-refractivity contribution in [3.8, 4) is 0 Å². The minimum Gasteiger partial charge on any atom is -0.480 e. The van der Waals surface area contributed by atoms with E-state index in [1.54, 1.807) is 6.92 Å². The van der Waals surface area contributed by atoms with Gasteiger partial charge in [-0.3, -0.25) is 19.2 Å². The number of carbonyl (C=O) groups is 5. The molecular weight excluding hydrogens is 430 g/mol. The molecule has 6 unspecified atom stereocenters. The Kier molecular flexibility index (Phi) is 13.3. The van der Waals surface area contributed by atoms with E-state index in [1.807, 2.05) is 34.6 Å². The highest BCUT2D eigenvalue weighted by Crippen LogP contribution is 2.12. The Bertz CT molecular complexity index is 699. The molecule has 0 aromatic carbocycles. The van der Waals surface area contributed by atoms with Gasteiger partial charge in [-0.25, -0.2) is 4.79 Å². The summed E-state index contributed by atoms with van der Waals surface area (Å²) in [7, 11) is 0. The van der Waals surface area contributed by atoms with E-state index in [2.05, 4.69) is 16.0 Å². The molecule has 33 heavy (non-hydrogen) atoms. The van der Waals surface area contributed by atoms with Gasteiger partial charge in [0, 0.05) is 0 Å². The van der Waals surface area contributed by atoms with Crippen LogP contribution in [0.2, 0.25) is 0 Å². The number of hydrogen-bond donors (Lipinski definition) is 6. The first-order chi connectivity index (χ1) is 15.2. The Morgan fingerprint density at radius 2 is 1.30 bits per heavy atom. The van der Waals surface area contributed by atoms with E-state index in [4.69, 9.17) is 11.5 Å². The molecule has 4 amide bonds. The second-order valence-electron chi connectivity index (χ2n) is 9.04. The molecule has 0 aliphatic carbocycles. The molecule has 6 atom stereocenters. The third-order valence-electron chi connectivity index (χ3n) is 5.71. The summed E-state index contributed by atoms with van der Waals surface area (Å²) in [5.74, 6) is -4.46. The highest BCUT2D eigenvalue weighted by atomic mass is 16.4. The maximum atomic E-state index is 13.1. The molecule has 0 heterocycles. The zero-order valence-electron chi connectivity index (χ0n) is 20.5. The SMILES string of the molecule is CCC(C)C(N)C(=O)NC(CC(C)C)C(=O)NC(C(=O)NC(CC(N)=O)C(=O)O)C(C)CC. The highest BCUT2D eigenvalue weighted by molar-refractivity contribution is 5.95. The van der Waals surface area contributed by atoms with Crippen LogP contribution in [-0.4, -0.2) is 58.9 Å². The van der Waals surface area contributed by atoms with Crippen LogP contribution < -0.4 is 27.4 Å². The van der Waals surface area contributed by atoms with Crippen LogP contribution in [0.3, 0.4) is 0 Å². The number of amides is 4. The molecule has 0 saturated heterocycles. The number of carbonyl (C=O) groups excluding carboxylic acids is 4. The molecule has 0 aliphatic heterocycles. The molecule has 0 aromatic heterocycles. The number of rotatable bonds is 15. The van der Waals surface area contributed by atoms with Gasteiger partial charge in [-0.2, -0.15) is 0 Å². The van der Waals surface area contributed by atoms with Gasteiger partial charge in [-0.15, -0.1) is 0 Å². The summed E-state index contributed by atoms with van der Waals surface area (Å²) >= 11 is 0. The number of nitrogens with two attached hydrogens (primary N) is 2. The maximum absolute atomic E-state index is 13.1. The Hall–Kier alpha value is -2.69. The Labute approximate surface area is 195 Å². The first-order valence-corrected chi connectivity index (χ1v) is 11.4. The zero-order chi connectivity index (χ0) is 25.9. The summed E-state index contributed by atoms with van der Waals surface area (Å²) in [6.07, 6.45) is 0.939. The fourth-order valence-electron chi connectivity index (χ4n) is 3.10. The molecule has 0 saturated carbocycles. The van der Waals surface area contributed by atoms with Gasteiger partial charge in [-0.1, -0.05) is 54.4 Å². The van der Waals surface area contributed by atoms with Crippen molar-refractivity contribution in [2.24, 2.45) is 29.2 Å².